The number of hydrogen-bond acceptors (Lipinski definition) is 4. The van der Waals surface area contributed by atoms with Gasteiger partial charge in [0.05, 0.1) is 16.4 Å². The first-order chi connectivity index (χ1) is 9.79. The van der Waals surface area contributed by atoms with Gasteiger partial charge in [0, 0.05) is 26.7 Å². The van der Waals surface area contributed by atoms with E-state index in [1.165, 1.54) is 37.2 Å². The summed E-state index contributed by atoms with van der Waals surface area (Å²) in [5.74, 6) is -1.07. The molecular formula is C13H16ClN3O4. The zero-order valence-electron chi connectivity index (χ0n) is 11.9. The summed E-state index contributed by atoms with van der Waals surface area (Å²) in [5, 5.41) is 13.1. The Hall–Kier alpha value is -2.15. The Bertz CT molecular complexity index is 577. The molecular weight excluding hydrogens is 298 g/mol. The second kappa shape index (κ2) is 7.03. The van der Waals surface area contributed by atoms with Crippen molar-refractivity contribution in [2.24, 2.45) is 5.92 Å². The monoisotopic (exact) mass is 313 g/mol. The Kier molecular flexibility index (Phi) is 5.66. The maximum atomic E-state index is 12.3. The summed E-state index contributed by atoms with van der Waals surface area (Å²) in [6.07, 6.45) is 0. The van der Waals surface area contributed by atoms with Crippen LogP contribution in [-0.4, -0.2) is 42.3 Å². The highest BCUT2D eigenvalue weighted by atomic mass is 35.5. The number of nitrogens with zero attached hydrogens (tertiary/aromatic N) is 2. The molecule has 0 saturated heterocycles. The molecule has 1 aromatic rings. The fourth-order valence-corrected chi connectivity index (χ4v) is 2.13. The van der Waals surface area contributed by atoms with Crippen molar-refractivity contribution in [1.29, 1.82) is 0 Å². The minimum Gasteiger partial charge on any atom is -0.359 e. The lowest BCUT2D eigenvalue weighted by atomic mass is 10.1. The van der Waals surface area contributed by atoms with E-state index in [1.54, 1.807) is 6.92 Å². The summed E-state index contributed by atoms with van der Waals surface area (Å²) in [6, 6.07) is 4.04. The first kappa shape index (κ1) is 16.9. The largest absolute Gasteiger partial charge is 0.359 e. The van der Waals surface area contributed by atoms with Crippen molar-refractivity contribution in [3.05, 3.63) is 38.9 Å². The molecule has 7 nitrogen and oxygen atoms in total. The second-order valence-electron chi connectivity index (χ2n) is 4.60. The third kappa shape index (κ3) is 3.91. The summed E-state index contributed by atoms with van der Waals surface area (Å²) in [4.78, 5) is 35.2. The van der Waals surface area contributed by atoms with Crippen LogP contribution in [0.4, 0.5) is 5.69 Å². The highest BCUT2D eigenvalue weighted by Gasteiger charge is 2.24. The molecule has 1 unspecified atom stereocenters. The fraction of sp³-hybridized carbons (Fsp3) is 0.385. The topological polar surface area (TPSA) is 92.6 Å². The van der Waals surface area contributed by atoms with Gasteiger partial charge in [-0.15, -0.1) is 0 Å². The van der Waals surface area contributed by atoms with Crippen LogP contribution < -0.4 is 5.32 Å². The molecule has 0 saturated carbocycles. The van der Waals surface area contributed by atoms with E-state index in [2.05, 4.69) is 5.32 Å². The number of nitro benzene ring substituents is 1. The zero-order chi connectivity index (χ0) is 16.2. The molecule has 0 aliphatic carbocycles. The third-order valence-corrected chi connectivity index (χ3v) is 3.39. The van der Waals surface area contributed by atoms with Gasteiger partial charge in [-0.05, 0) is 6.07 Å². The van der Waals surface area contributed by atoms with E-state index in [1.807, 2.05) is 0 Å². The molecule has 0 aliphatic rings. The highest BCUT2D eigenvalue weighted by molar-refractivity contribution is 6.35. The van der Waals surface area contributed by atoms with Crippen molar-refractivity contribution in [3.63, 3.8) is 0 Å². The van der Waals surface area contributed by atoms with Gasteiger partial charge in [0.2, 0.25) is 5.91 Å². The van der Waals surface area contributed by atoms with Gasteiger partial charge in [0.25, 0.3) is 11.6 Å². The lowest BCUT2D eigenvalue weighted by molar-refractivity contribution is -0.384. The predicted octanol–water partition coefficient (Wildman–Crippen LogP) is 1.70. The van der Waals surface area contributed by atoms with Gasteiger partial charge in [0.15, 0.2) is 0 Å². The van der Waals surface area contributed by atoms with E-state index in [0.717, 1.165) is 0 Å². The Labute approximate surface area is 127 Å². The van der Waals surface area contributed by atoms with Crippen molar-refractivity contribution < 1.29 is 14.5 Å². The molecule has 0 aromatic heterocycles. The molecule has 1 N–H and O–H groups in total. The summed E-state index contributed by atoms with van der Waals surface area (Å²) in [6.45, 7) is 1.86. The van der Waals surface area contributed by atoms with Gasteiger partial charge >= 0.3 is 0 Å². The van der Waals surface area contributed by atoms with Crippen LogP contribution in [0.2, 0.25) is 5.02 Å². The van der Waals surface area contributed by atoms with E-state index >= 15 is 0 Å². The number of rotatable bonds is 5. The van der Waals surface area contributed by atoms with Crippen LogP contribution in [-0.2, 0) is 4.79 Å². The Morgan fingerprint density at radius 3 is 2.62 bits per heavy atom. The Balaban J connectivity index is 2.96. The standard InChI is InChI=1S/C13H16ClN3O4/c1-8(12(18)15-2)7-16(3)13(19)9-5-4-6-10(11(9)14)17(20)21/h4-6,8H,7H2,1-3H3,(H,15,18). The molecule has 0 fully saturated rings. The maximum absolute atomic E-state index is 12.3. The van der Waals surface area contributed by atoms with Crippen LogP contribution in [0.15, 0.2) is 18.2 Å². The maximum Gasteiger partial charge on any atom is 0.288 e. The van der Waals surface area contributed by atoms with Crippen molar-refractivity contribution in [3.8, 4) is 0 Å². The number of benzene rings is 1. The van der Waals surface area contributed by atoms with Crippen LogP contribution in [0.3, 0.4) is 0 Å². The number of carbonyl (C=O) groups excluding carboxylic acids is 2. The number of hydrogen-bond donors (Lipinski definition) is 1. The molecule has 0 heterocycles. The molecule has 2 amide bonds. The smallest absolute Gasteiger partial charge is 0.288 e. The number of nitrogens with one attached hydrogen (secondary N) is 1. The average Bonchev–Trinajstić information content (AvgIpc) is 2.45. The highest BCUT2D eigenvalue weighted by Crippen LogP contribution is 2.28. The first-order valence-corrected chi connectivity index (χ1v) is 6.57. The number of nitro groups is 1. The quantitative estimate of drug-likeness (QED) is 0.661. The summed E-state index contributed by atoms with van der Waals surface area (Å²) in [7, 11) is 3.02. The molecule has 21 heavy (non-hydrogen) atoms. The minimum absolute atomic E-state index is 0.0393. The molecule has 8 heteroatoms. The van der Waals surface area contributed by atoms with E-state index in [9.17, 15) is 19.7 Å². The molecule has 114 valence electrons. The molecule has 0 spiro atoms. The van der Waals surface area contributed by atoms with Gasteiger partial charge in [-0.3, -0.25) is 19.7 Å². The van der Waals surface area contributed by atoms with Crippen LogP contribution >= 0.6 is 11.6 Å². The third-order valence-electron chi connectivity index (χ3n) is 2.99. The Morgan fingerprint density at radius 1 is 1.48 bits per heavy atom. The van der Waals surface area contributed by atoms with Crippen LogP contribution in [0, 0.1) is 16.0 Å². The number of amides is 2. The molecule has 1 rings (SSSR count). The second-order valence-corrected chi connectivity index (χ2v) is 4.97. The van der Waals surface area contributed by atoms with E-state index < -0.39 is 16.7 Å². The SMILES string of the molecule is CNC(=O)C(C)CN(C)C(=O)c1cccc([N+](=O)[O-])c1Cl. The molecule has 1 atom stereocenters. The van der Waals surface area contributed by atoms with E-state index in [4.69, 9.17) is 11.6 Å². The first-order valence-electron chi connectivity index (χ1n) is 6.19. The number of carbonyl (C=O) groups is 2. The van der Waals surface area contributed by atoms with Gasteiger partial charge < -0.3 is 10.2 Å². The summed E-state index contributed by atoms with van der Waals surface area (Å²) >= 11 is 5.90. The molecule has 0 bridgehead atoms. The minimum atomic E-state index is -0.647. The average molecular weight is 314 g/mol. The molecule has 0 radical (unpaired) electrons. The number of halogens is 1. The fourth-order valence-electron chi connectivity index (χ4n) is 1.85. The summed E-state index contributed by atoms with van der Waals surface area (Å²) < 4.78 is 0. The summed E-state index contributed by atoms with van der Waals surface area (Å²) in [5.41, 5.74) is -0.285. The van der Waals surface area contributed by atoms with Gasteiger partial charge in [-0.25, -0.2) is 0 Å². The van der Waals surface area contributed by atoms with Crippen molar-refractivity contribution in [1.82, 2.24) is 10.2 Å². The molecule has 0 aliphatic heterocycles. The normalized spacial score (nSPS) is 11.6. The Morgan fingerprint density at radius 2 is 2.10 bits per heavy atom. The van der Waals surface area contributed by atoms with Crippen LogP contribution in [0.1, 0.15) is 17.3 Å². The van der Waals surface area contributed by atoms with Gasteiger partial charge in [0.1, 0.15) is 5.02 Å². The van der Waals surface area contributed by atoms with E-state index in [-0.39, 0.29) is 28.7 Å². The van der Waals surface area contributed by atoms with Gasteiger partial charge in [-0.1, -0.05) is 24.6 Å². The predicted molar refractivity (Wildman–Crippen MR) is 78.3 cm³/mol. The molecule has 1 aromatic carbocycles. The van der Waals surface area contributed by atoms with Gasteiger partial charge in [-0.2, -0.15) is 0 Å². The van der Waals surface area contributed by atoms with E-state index in [0.29, 0.717) is 0 Å². The van der Waals surface area contributed by atoms with Crippen LogP contribution in [0.5, 0.6) is 0 Å². The van der Waals surface area contributed by atoms with Crippen molar-refractivity contribution in [2.45, 2.75) is 6.92 Å². The lowest BCUT2D eigenvalue weighted by Gasteiger charge is -2.21. The van der Waals surface area contributed by atoms with Crippen molar-refractivity contribution >= 4 is 29.1 Å². The van der Waals surface area contributed by atoms with Crippen molar-refractivity contribution in [2.75, 3.05) is 20.6 Å². The van der Waals surface area contributed by atoms with Crippen LogP contribution in [0.25, 0.3) is 0 Å². The lowest BCUT2D eigenvalue weighted by Crippen LogP contribution is -2.37. The zero-order valence-corrected chi connectivity index (χ0v) is 12.7.